The highest BCUT2D eigenvalue weighted by molar-refractivity contribution is 6.38. The number of carbonyl (C=O) groups excluding carboxylic acids is 7. The molecule has 3 aliphatic rings. The Balaban J connectivity index is 1.39. The highest BCUT2D eigenvalue weighted by Gasteiger charge is 2.43. The lowest BCUT2D eigenvalue weighted by Gasteiger charge is -2.35. The molecule has 2 saturated carbocycles. The quantitative estimate of drug-likeness (QED) is 0.182. The third-order valence-electron chi connectivity index (χ3n) is 9.15. The van der Waals surface area contributed by atoms with Crippen molar-refractivity contribution < 1.29 is 38.3 Å². The van der Waals surface area contributed by atoms with Gasteiger partial charge in [-0.3, -0.25) is 28.8 Å². The van der Waals surface area contributed by atoms with Crippen molar-refractivity contribution in [2.75, 3.05) is 13.1 Å². The smallest absolute Gasteiger partial charge is 0.408 e. The molecule has 0 bridgehead atoms. The fraction of sp³-hybridized carbons (Fsp3) is 0.629. The maximum atomic E-state index is 14.0. The number of hydrogen-bond donors (Lipinski definition) is 5. The molecule has 14 nitrogen and oxygen atoms in total. The molecule has 49 heavy (non-hydrogen) atoms. The van der Waals surface area contributed by atoms with Crippen LogP contribution in [0.2, 0.25) is 0 Å². The van der Waals surface area contributed by atoms with Crippen molar-refractivity contribution in [2.24, 2.45) is 17.6 Å². The van der Waals surface area contributed by atoms with E-state index >= 15 is 0 Å². The van der Waals surface area contributed by atoms with Crippen molar-refractivity contribution >= 4 is 41.4 Å². The largest absolute Gasteiger partial charge is 0.444 e. The summed E-state index contributed by atoms with van der Waals surface area (Å²) in [7, 11) is 0. The monoisotopic (exact) mass is 682 g/mol. The first-order chi connectivity index (χ1) is 23.2. The lowest BCUT2D eigenvalue weighted by molar-refractivity contribution is -0.143. The lowest BCUT2D eigenvalue weighted by atomic mass is 9.83. The number of Topliss-reactive ketones (excluding diaryl/α,β-unsaturated/α-hetero) is 1. The van der Waals surface area contributed by atoms with Gasteiger partial charge in [0.15, 0.2) is 0 Å². The minimum absolute atomic E-state index is 0.103. The van der Waals surface area contributed by atoms with Gasteiger partial charge in [0.1, 0.15) is 23.7 Å². The number of primary amides is 1. The van der Waals surface area contributed by atoms with Crippen molar-refractivity contribution in [2.45, 2.75) is 115 Å². The van der Waals surface area contributed by atoms with Crippen LogP contribution >= 0.6 is 0 Å². The third-order valence-corrected chi connectivity index (χ3v) is 9.15. The van der Waals surface area contributed by atoms with Gasteiger partial charge in [0, 0.05) is 6.54 Å². The number of ketones is 1. The summed E-state index contributed by atoms with van der Waals surface area (Å²) in [5.74, 6) is -4.36. The van der Waals surface area contributed by atoms with Crippen molar-refractivity contribution in [1.29, 1.82) is 0 Å². The first-order valence-corrected chi connectivity index (χ1v) is 17.3. The van der Waals surface area contributed by atoms with Crippen LogP contribution < -0.4 is 27.0 Å². The minimum Gasteiger partial charge on any atom is -0.444 e. The maximum Gasteiger partial charge on any atom is 0.408 e. The van der Waals surface area contributed by atoms with Crippen LogP contribution in [0.4, 0.5) is 4.79 Å². The number of carbonyl (C=O) groups is 7. The minimum atomic E-state index is -1.16. The van der Waals surface area contributed by atoms with Gasteiger partial charge in [-0.2, -0.15) is 0 Å². The van der Waals surface area contributed by atoms with Crippen LogP contribution in [0.15, 0.2) is 30.3 Å². The molecule has 4 atom stereocenters. The Morgan fingerprint density at radius 1 is 0.878 bits per heavy atom. The zero-order valence-electron chi connectivity index (χ0n) is 28.6. The molecule has 1 aromatic carbocycles. The SMILES string of the molecule is CC(C)(C)OC(=O)N[C@H](C(=O)N1CCCC1C(=O)NC(CC1CC1)C(=O)C(=O)NCC(=O)N[C@H](C(N)=O)c1ccccc1)C1CCCCC1. The molecule has 0 aromatic heterocycles. The number of nitrogens with zero attached hydrogens (tertiary/aromatic N) is 1. The van der Waals surface area contributed by atoms with Crippen LogP contribution in [0.5, 0.6) is 0 Å². The average Bonchev–Trinajstić information content (AvgIpc) is 3.74. The summed E-state index contributed by atoms with van der Waals surface area (Å²) in [4.78, 5) is 92.7. The first-order valence-electron chi connectivity index (χ1n) is 17.3. The van der Waals surface area contributed by atoms with E-state index in [9.17, 15) is 33.6 Å². The highest BCUT2D eigenvalue weighted by atomic mass is 16.6. The van der Waals surface area contributed by atoms with Gasteiger partial charge in [-0.1, -0.05) is 62.4 Å². The molecular formula is C35H50N6O8. The van der Waals surface area contributed by atoms with Gasteiger partial charge in [0.25, 0.3) is 5.91 Å². The Labute approximate surface area is 287 Å². The Morgan fingerprint density at radius 3 is 2.16 bits per heavy atom. The lowest BCUT2D eigenvalue weighted by Crippen LogP contribution is -2.58. The number of alkyl carbamates (subject to hydrolysis) is 1. The Kier molecular flexibility index (Phi) is 12.8. The van der Waals surface area contributed by atoms with Crippen molar-refractivity contribution in [3.05, 3.63) is 35.9 Å². The van der Waals surface area contributed by atoms with E-state index in [1.165, 1.54) is 4.90 Å². The molecule has 0 radical (unpaired) electrons. The molecule has 3 fully saturated rings. The van der Waals surface area contributed by atoms with Gasteiger partial charge < -0.3 is 36.6 Å². The summed E-state index contributed by atoms with van der Waals surface area (Å²) in [6.07, 6.45) is 6.61. The molecule has 1 aromatic rings. The zero-order chi connectivity index (χ0) is 35.7. The second-order valence-electron chi connectivity index (χ2n) is 14.3. The van der Waals surface area contributed by atoms with E-state index in [1.54, 1.807) is 51.1 Å². The van der Waals surface area contributed by atoms with Gasteiger partial charge in [0.2, 0.25) is 29.4 Å². The van der Waals surface area contributed by atoms with Crippen LogP contribution in [0.25, 0.3) is 0 Å². The Bertz CT molecular complexity index is 1390. The predicted octanol–water partition coefficient (Wildman–Crippen LogP) is 1.76. The van der Waals surface area contributed by atoms with Crippen LogP contribution in [-0.2, 0) is 33.5 Å². The standard InChI is InChI=1S/C35H50N6O8/c1-35(2,3)49-34(48)40-28(23-13-8-5-9-14-23)33(47)41-18-10-15-25(41)31(45)38-24(19-21-16-17-21)29(43)32(46)37-20-26(42)39-27(30(36)44)22-11-6-4-7-12-22/h4,6-7,11-12,21,23-25,27-28H,5,8-10,13-20H2,1-3H3,(H2,36,44)(H,37,46)(H,38,45)(H,39,42)(H,40,48)/t24?,25?,27-,28-/m0/s1. The molecular weight excluding hydrogens is 632 g/mol. The topological polar surface area (TPSA) is 206 Å². The summed E-state index contributed by atoms with van der Waals surface area (Å²) in [5, 5.41) is 10.3. The van der Waals surface area contributed by atoms with Gasteiger partial charge >= 0.3 is 6.09 Å². The summed E-state index contributed by atoms with van der Waals surface area (Å²) >= 11 is 0. The fourth-order valence-corrected chi connectivity index (χ4v) is 6.53. The molecule has 6 amide bonds. The molecule has 6 N–H and O–H groups in total. The zero-order valence-corrected chi connectivity index (χ0v) is 28.6. The van der Waals surface area contributed by atoms with Crippen LogP contribution in [0, 0.1) is 11.8 Å². The molecule has 1 saturated heterocycles. The number of hydrogen-bond acceptors (Lipinski definition) is 8. The van der Waals surface area contributed by atoms with Crippen LogP contribution in [0.1, 0.15) is 96.6 Å². The first kappa shape index (κ1) is 37.3. The van der Waals surface area contributed by atoms with E-state index in [4.69, 9.17) is 10.5 Å². The van der Waals surface area contributed by atoms with E-state index < -0.39 is 71.8 Å². The fourth-order valence-electron chi connectivity index (χ4n) is 6.53. The highest BCUT2D eigenvalue weighted by Crippen LogP contribution is 2.34. The Hall–Kier alpha value is -4.49. The van der Waals surface area contributed by atoms with E-state index in [1.807, 2.05) is 0 Å². The second-order valence-corrected chi connectivity index (χ2v) is 14.3. The Morgan fingerprint density at radius 2 is 1.55 bits per heavy atom. The second kappa shape index (κ2) is 16.8. The normalized spacial score (nSPS) is 19.9. The van der Waals surface area contributed by atoms with Gasteiger partial charge in [-0.15, -0.1) is 0 Å². The molecule has 2 unspecified atom stereocenters. The maximum absolute atomic E-state index is 14.0. The molecule has 2 aliphatic carbocycles. The summed E-state index contributed by atoms with van der Waals surface area (Å²) < 4.78 is 5.45. The van der Waals surface area contributed by atoms with Crippen LogP contribution in [0.3, 0.4) is 0 Å². The summed E-state index contributed by atoms with van der Waals surface area (Å²) in [6, 6.07) is 4.32. The van der Waals surface area contributed by atoms with Crippen molar-refractivity contribution in [3.8, 4) is 0 Å². The number of likely N-dealkylation sites (tertiary alicyclic amines) is 1. The third kappa shape index (κ3) is 11.0. The molecule has 1 aliphatic heterocycles. The van der Waals surface area contributed by atoms with E-state index in [0.29, 0.717) is 24.9 Å². The van der Waals surface area contributed by atoms with Crippen molar-refractivity contribution in [3.63, 3.8) is 0 Å². The van der Waals surface area contributed by atoms with Gasteiger partial charge in [0.05, 0.1) is 12.6 Å². The predicted molar refractivity (Wildman–Crippen MR) is 178 cm³/mol. The summed E-state index contributed by atoms with van der Waals surface area (Å²) in [6.45, 7) is 4.94. The number of nitrogens with one attached hydrogen (secondary N) is 4. The molecule has 268 valence electrons. The molecule has 0 spiro atoms. The summed E-state index contributed by atoms with van der Waals surface area (Å²) in [5.41, 5.74) is 5.16. The van der Waals surface area contributed by atoms with Gasteiger partial charge in [-0.25, -0.2) is 4.79 Å². The van der Waals surface area contributed by atoms with Crippen LogP contribution in [-0.4, -0.2) is 83.1 Å². The number of amides is 6. The number of rotatable bonds is 14. The van der Waals surface area contributed by atoms with E-state index in [0.717, 1.165) is 44.9 Å². The van der Waals surface area contributed by atoms with E-state index in [-0.39, 0.29) is 24.2 Å². The van der Waals surface area contributed by atoms with E-state index in [2.05, 4.69) is 21.3 Å². The average molecular weight is 683 g/mol. The molecule has 1 heterocycles. The molecule has 14 heteroatoms. The number of ether oxygens (including phenoxy) is 1. The molecule has 4 rings (SSSR count). The van der Waals surface area contributed by atoms with Gasteiger partial charge in [-0.05, 0) is 70.3 Å². The van der Waals surface area contributed by atoms with Crippen molar-refractivity contribution in [1.82, 2.24) is 26.2 Å². The number of benzene rings is 1. The number of nitrogens with two attached hydrogens (primary N) is 1.